The van der Waals surface area contributed by atoms with E-state index in [4.69, 9.17) is 0 Å². The van der Waals surface area contributed by atoms with E-state index in [2.05, 4.69) is 67.8 Å². The predicted molar refractivity (Wildman–Crippen MR) is 98.0 cm³/mol. The number of rotatable bonds is 3. The Balaban J connectivity index is 2.17. The smallest absolute Gasteiger partial charge is 0.155 e. The van der Waals surface area contributed by atoms with Gasteiger partial charge < -0.3 is 5.32 Å². The van der Waals surface area contributed by atoms with Crippen LogP contribution in [0.5, 0.6) is 0 Å². The molecule has 2 aliphatic rings. The minimum absolute atomic E-state index is 0.140. The monoisotopic (exact) mass is 309 g/mol. The molecule has 23 heavy (non-hydrogen) atoms. The van der Waals surface area contributed by atoms with Crippen LogP contribution in [0.1, 0.15) is 40.0 Å². The van der Waals surface area contributed by atoms with Crippen molar-refractivity contribution < 1.29 is 4.79 Å². The predicted octanol–water partition coefficient (Wildman–Crippen LogP) is 4.79. The highest BCUT2D eigenvalue weighted by molar-refractivity contribution is 5.93. The summed E-state index contributed by atoms with van der Waals surface area (Å²) in [6.07, 6.45) is 24.0. The highest BCUT2D eigenvalue weighted by Gasteiger charge is 2.13. The van der Waals surface area contributed by atoms with Gasteiger partial charge >= 0.3 is 0 Å². The van der Waals surface area contributed by atoms with Crippen molar-refractivity contribution in [1.82, 2.24) is 5.32 Å². The zero-order valence-corrected chi connectivity index (χ0v) is 14.4. The fourth-order valence-corrected chi connectivity index (χ4v) is 2.59. The molecule has 2 aliphatic carbocycles. The summed E-state index contributed by atoms with van der Waals surface area (Å²) in [6.45, 7) is 6.12. The molecule has 0 aliphatic heterocycles. The minimum atomic E-state index is 0.140. The number of hydrogen-bond acceptors (Lipinski definition) is 2. The van der Waals surface area contributed by atoms with Gasteiger partial charge in [0.25, 0.3) is 0 Å². The van der Waals surface area contributed by atoms with Gasteiger partial charge in [-0.3, -0.25) is 4.79 Å². The summed E-state index contributed by atoms with van der Waals surface area (Å²) in [5.74, 6) is 0.157. The molecule has 0 radical (unpaired) electrons. The second-order valence-electron chi connectivity index (χ2n) is 6.85. The van der Waals surface area contributed by atoms with Crippen molar-refractivity contribution in [3.05, 3.63) is 72.0 Å². The van der Waals surface area contributed by atoms with Crippen LogP contribution < -0.4 is 5.32 Å². The molecule has 0 saturated carbocycles. The fraction of sp³-hybridized carbons (Fsp3) is 0.381. The van der Waals surface area contributed by atoms with E-state index < -0.39 is 0 Å². The van der Waals surface area contributed by atoms with Crippen molar-refractivity contribution in [2.24, 2.45) is 5.41 Å². The average molecular weight is 309 g/mol. The summed E-state index contributed by atoms with van der Waals surface area (Å²) in [7, 11) is 0. The summed E-state index contributed by atoms with van der Waals surface area (Å²) >= 11 is 0. The first-order valence-electron chi connectivity index (χ1n) is 8.34. The lowest BCUT2D eigenvalue weighted by Gasteiger charge is -2.19. The second kappa shape index (κ2) is 7.96. The highest BCUT2D eigenvalue weighted by Crippen LogP contribution is 2.24. The summed E-state index contributed by atoms with van der Waals surface area (Å²) < 4.78 is 0. The van der Waals surface area contributed by atoms with Crippen LogP contribution in [-0.2, 0) is 4.79 Å². The molecule has 0 amide bonds. The van der Waals surface area contributed by atoms with Gasteiger partial charge in [0.1, 0.15) is 0 Å². The van der Waals surface area contributed by atoms with E-state index in [1.807, 2.05) is 12.2 Å². The second-order valence-corrected chi connectivity index (χ2v) is 6.85. The zero-order chi connectivity index (χ0) is 16.7. The summed E-state index contributed by atoms with van der Waals surface area (Å²) in [5, 5.41) is 3.53. The van der Waals surface area contributed by atoms with Crippen LogP contribution in [0.4, 0.5) is 0 Å². The van der Waals surface area contributed by atoms with Crippen molar-refractivity contribution in [1.29, 1.82) is 0 Å². The summed E-state index contributed by atoms with van der Waals surface area (Å²) in [4.78, 5) is 11.6. The third-order valence-corrected chi connectivity index (χ3v) is 4.09. The number of carbonyl (C=O) groups is 1. The van der Waals surface area contributed by atoms with Gasteiger partial charge in [0.2, 0.25) is 0 Å². The molecule has 0 saturated heterocycles. The van der Waals surface area contributed by atoms with E-state index in [1.54, 1.807) is 6.92 Å². The van der Waals surface area contributed by atoms with Crippen molar-refractivity contribution >= 4 is 5.78 Å². The maximum absolute atomic E-state index is 11.6. The van der Waals surface area contributed by atoms with Crippen LogP contribution >= 0.6 is 0 Å². The first-order chi connectivity index (χ1) is 11.0. The van der Waals surface area contributed by atoms with Crippen molar-refractivity contribution in [2.45, 2.75) is 46.1 Å². The van der Waals surface area contributed by atoms with E-state index in [0.29, 0.717) is 0 Å². The number of Topliss-reactive ketones (excluding diaryl/α,β-unsaturated/α-hetero) is 1. The number of nitrogens with one attached hydrogen (secondary N) is 1. The number of carbonyl (C=O) groups excluding carboxylic acids is 1. The first-order valence-corrected chi connectivity index (χ1v) is 8.34. The van der Waals surface area contributed by atoms with Crippen LogP contribution in [0.2, 0.25) is 0 Å². The van der Waals surface area contributed by atoms with Gasteiger partial charge in [-0.05, 0) is 49.3 Å². The highest BCUT2D eigenvalue weighted by atomic mass is 16.1. The summed E-state index contributed by atoms with van der Waals surface area (Å²) in [6, 6.07) is 0.140. The van der Waals surface area contributed by atoms with Crippen LogP contribution in [0, 0.1) is 5.41 Å². The normalized spacial score (nSPS) is 31.0. The van der Waals surface area contributed by atoms with Gasteiger partial charge in [0.15, 0.2) is 5.78 Å². The van der Waals surface area contributed by atoms with E-state index >= 15 is 0 Å². The maximum Gasteiger partial charge on any atom is 0.155 e. The molecular weight excluding hydrogens is 282 g/mol. The number of ketones is 1. The number of allylic oxidation sites excluding steroid dienone is 9. The van der Waals surface area contributed by atoms with Crippen LogP contribution in [0.25, 0.3) is 0 Å². The molecule has 2 heteroatoms. The van der Waals surface area contributed by atoms with Crippen molar-refractivity contribution in [3.8, 4) is 0 Å². The minimum Gasteiger partial charge on any atom is -0.375 e. The molecule has 1 N–H and O–H groups in total. The molecular formula is C21H27NO. The molecule has 2 rings (SSSR count). The van der Waals surface area contributed by atoms with Gasteiger partial charge in [-0.25, -0.2) is 0 Å². The SMILES string of the molecule is CC(=O)/C1=C/C=C(NC2C=CC=CCC(C)(C)/C=C\2)\C=C/CC1. The Morgan fingerprint density at radius 2 is 2.00 bits per heavy atom. The number of hydrogen-bond donors (Lipinski definition) is 1. The molecule has 1 unspecified atom stereocenters. The molecule has 0 heterocycles. The molecule has 1 atom stereocenters. The topological polar surface area (TPSA) is 29.1 Å². The Kier molecular flexibility index (Phi) is 5.97. The van der Waals surface area contributed by atoms with Crippen molar-refractivity contribution in [2.75, 3.05) is 0 Å². The van der Waals surface area contributed by atoms with Gasteiger partial charge in [-0.15, -0.1) is 0 Å². The van der Waals surface area contributed by atoms with E-state index in [-0.39, 0.29) is 17.2 Å². The van der Waals surface area contributed by atoms with Crippen molar-refractivity contribution in [3.63, 3.8) is 0 Å². The first kappa shape index (κ1) is 17.3. The lowest BCUT2D eigenvalue weighted by molar-refractivity contribution is -0.113. The Morgan fingerprint density at radius 3 is 2.78 bits per heavy atom. The van der Waals surface area contributed by atoms with Gasteiger partial charge in [0, 0.05) is 5.70 Å². The molecule has 0 fully saturated rings. The molecule has 2 nitrogen and oxygen atoms in total. The standard InChI is InChI=1S/C21H27NO/c1-17(23)18-9-6-7-11-19(13-12-18)22-20-10-5-4-8-15-21(2,3)16-14-20/h4-5,7-8,10-14,16,20,22H,6,9,15H2,1-3H3/b8-4?,10-5?,11-7-,16-14-,18-12+,19-13+. The third-order valence-electron chi connectivity index (χ3n) is 4.09. The van der Waals surface area contributed by atoms with Crippen LogP contribution in [0.15, 0.2) is 72.0 Å². The van der Waals surface area contributed by atoms with Gasteiger partial charge in [-0.2, -0.15) is 0 Å². The molecule has 122 valence electrons. The molecule has 0 aromatic heterocycles. The fourth-order valence-electron chi connectivity index (χ4n) is 2.59. The largest absolute Gasteiger partial charge is 0.375 e. The molecule has 0 aromatic carbocycles. The van der Waals surface area contributed by atoms with E-state index in [1.165, 1.54) is 0 Å². The van der Waals surface area contributed by atoms with Crippen LogP contribution in [0.3, 0.4) is 0 Å². The quantitative estimate of drug-likeness (QED) is 0.759. The van der Waals surface area contributed by atoms with Gasteiger partial charge in [-0.1, -0.05) is 62.5 Å². The Bertz CT molecular complexity index is 612. The van der Waals surface area contributed by atoms with Crippen LogP contribution in [-0.4, -0.2) is 11.8 Å². The lowest BCUT2D eigenvalue weighted by atomic mass is 9.88. The third kappa shape index (κ3) is 5.90. The summed E-state index contributed by atoms with van der Waals surface area (Å²) in [5.41, 5.74) is 2.08. The zero-order valence-electron chi connectivity index (χ0n) is 14.4. The molecule has 0 bridgehead atoms. The average Bonchev–Trinajstić information content (AvgIpc) is 2.53. The maximum atomic E-state index is 11.6. The molecule has 0 spiro atoms. The van der Waals surface area contributed by atoms with Gasteiger partial charge in [0.05, 0.1) is 6.04 Å². The Morgan fingerprint density at radius 1 is 1.17 bits per heavy atom. The lowest BCUT2D eigenvalue weighted by Crippen LogP contribution is -2.24. The Labute approximate surface area is 140 Å². The van der Waals surface area contributed by atoms with E-state index in [0.717, 1.165) is 30.5 Å². The van der Waals surface area contributed by atoms with E-state index in [9.17, 15) is 4.79 Å². The molecule has 0 aromatic rings. The Hall–Kier alpha value is -2.09.